The van der Waals surface area contributed by atoms with E-state index in [0.717, 1.165) is 12.1 Å². The molecule has 0 atom stereocenters. The molecule has 0 aromatic heterocycles. The van der Waals surface area contributed by atoms with Crippen molar-refractivity contribution in [3.05, 3.63) is 65.2 Å². The largest absolute Gasteiger partial charge is 0.478 e. The number of aromatic carboxylic acids is 1. The average molecular weight is 291 g/mol. The van der Waals surface area contributed by atoms with Crippen molar-refractivity contribution in [3.63, 3.8) is 0 Å². The first-order chi connectivity index (χ1) is 9.95. The number of hydrogen-bond donors (Lipinski definition) is 2. The zero-order valence-corrected chi connectivity index (χ0v) is 10.8. The highest BCUT2D eigenvalue weighted by Crippen LogP contribution is 2.15. The molecule has 0 saturated carbocycles. The second-order valence-electron chi connectivity index (χ2n) is 4.35. The van der Waals surface area contributed by atoms with E-state index in [0.29, 0.717) is 5.56 Å². The van der Waals surface area contributed by atoms with Crippen LogP contribution < -0.4 is 5.32 Å². The molecule has 0 unspecified atom stereocenters. The lowest BCUT2D eigenvalue weighted by atomic mass is 10.1. The minimum atomic E-state index is -1.38. The predicted octanol–water partition coefficient (Wildman–Crippen LogP) is 2.84. The van der Waals surface area contributed by atoms with E-state index in [4.69, 9.17) is 5.11 Å². The van der Waals surface area contributed by atoms with Crippen LogP contribution in [0.1, 0.15) is 15.9 Å². The summed E-state index contributed by atoms with van der Waals surface area (Å²) in [6.07, 6.45) is -0.0694. The molecular formula is C15H11F2NO3. The number of hydrogen-bond acceptors (Lipinski definition) is 2. The summed E-state index contributed by atoms with van der Waals surface area (Å²) in [5, 5.41) is 11.1. The number of halogens is 2. The molecule has 0 fully saturated rings. The van der Waals surface area contributed by atoms with Gasteiger partial charge in [-0.2, -0.15) is 0 Å². The summed E-state index contributed by atoms with van der Waals surface area (Å²) in [6.45, 7) is 0. The Bertz CT molecular complexity index is 701. The topological polar surface area (TPSA) is 66.4 Å². The summed E-state index contributed by atoms with van der Waals surface area (Å²) in [5.41, 5.74) is 0.146. The van der Waals surface area contributed by atoms with Gasteiger partial charge in [0.25, 0.3) is 0 Å². The minimum absolute atomic E-state index is 0.0694. The molecule has 0 aliphatic rings. The molecule has 0 aliphatic carbocycles. The van der Waals surface area contributed by atoms with E-state index in [2.05, 4.69) is 5.32 Å². The minimum Gasteiger partial charge on any atom is -0.478 e. The summed E-state index contributed by atoms with van der Waals surface area (Å²) in [7, 11) is 0. The fraction of sp³-hybridized carbons (Fsp3) is 0.0667. The van der Waals surface area contributed by atoms with E-state index in [1.54, 1.807) is 6.07 Å². The summed E-state index contributed by atoms with van der Waals surface area (Å²) in [4.78, 5) is 22.4. The van der Waals surface area contributed by atoms with Crippen molar-refractivity contribution >= 4 is 17.6 Å². The van der Waals surface area contributed by atoms with Crippen LogP contribution in [0.5, 0.6) is 0 Å². The van der Waals surface area contributed by atoms with Gasteiger partial charge in [-0.15, -0.1) is 0 Å². The molecule has 0 heterocycles. The van der Waals surface area contributed by atoms with Gasteiger partial charge < -0.3 is 10.4 Å². The van der Waals surface area contributed by atoms with E-state index in [9.17, 15) is 18.4 Å². The Morgan fingerprint density at radius 2 is 1.86 bits per heavy atom. The Balaban J connectivity index is 2.06. The van der Waals surface area contributed by atoms with Gasteiger partial charge in [-0.25, -0.2) is 13.6 Å². The normalized spacial score (nSPS) is 10.2. The molecule has 0 radical (unpaired) electrons. The van der Waals surface area contributed by atoms with Crippen LogP contribution in [0, 0.1) is 11.6 Å². The van der Waals surface area contributed by atoms with Gasteiger partial charge in [-0.1, -0.05) is 12.1 Å². The molecule has 2 N–H and O–H groups in total. The lowest BCUT2D eigenvalue weighted by Crippen LogP contribution is -2.15. The number of anilines is 1. The highest BCUT2D eigenvalue weighted by atomic mass is 19.1. The van der Waals surface area contributed by atoms with Crippen LogP contribution in [0.2, 0.25) is 0 Å². The van der Waals surface area contributed by atoms with Gasteiger partial charge in [0.2, 0.25) is 5.91 Å². The van der Waals surface area contributed by atoms with Crippen LogP contribution in [0.3, 0.4) is 0 Å². The van der Waals surface area contributed by atoms with Gasteiger partial charge in [0.15, 0.2) is 0 Å². The number of carbonyl (C=O) groups excluding carboxylic acids is 1. The van der Waals surface area contributed by atoms with Gasteiger partial charge in [0.05, 0.1) is 12.0 Å². The van der Waals surface area contributed by atoms with Crippen molar-refractivity contribution in [1.82, 2.24) is 0 Å². The second-order valence-corrected chi connectivity index (χ2v) is 4.35. The number of carbonyl (C=O) groups is 2. The van der Waals surface area contributed by atoms with Crippen LogP contribution in [-0.4, -0.2) is 17.0 Å². The van der Waals surface area contributed by atoms with Gasteiger partial charge in [-0.3, -0.25) is 4.79 Å². The molecule has 0 aliphatic heterocycles. The third-order valence-electron chi connectivity index (χ3n) is 2.74. The lowest BCUT2D eigenvalue weighted by Gasteiger charge is -2.06. The number of carboxylic acid groups (broad SMARTS) is 1. The fourth-order valence-electron chi connectivity index (χ4n) is 1.80. The van der Waals surface area contributed by atoms with Gasteiger partial charge in [0.1, 0.15) is 11.6 Å². The van der Waals surface area contributed by atoms with Crippen molar-refractivity contribution in [2.75, 3.05) is 5.32 Å². The molecule has 2 rings (SSSR count). The van der Waals surface area contributed by atoms with Crippen molar-refractivity contribution in [1.29, 1.82) is 0 Å². The predicted molar refractivity (Wildman–Crippen MR) is 72.1 cm³/mol. The van der Waals surface area contributed by atoms with Crippen LogP contribution >= 0.6 is 0 Å². The summed E-state index contributed by atoms with van der Waals surface area (Å²) < 4.78 is 26.4. The molecule has 108 valence electrons. The Kier molecular flexibility index (Phi) is 4.27. The average Bonchev–Trinajstić information content (AvgIpc) is 2.38. The zero-order valence-electron chi connectivity index (χ0n) is 10.8. The third kappa shape index (κ3) is 3.85. The fourth-order valence-corrected chi connectivity index (χ4v) is 1.80. The van der Waals surface area contributed by atoms with Crippen LogP contribution in [0.25, 0.3) is 0 Å². The number of rotatable bonds is 4. The molecule has 0 bridgehead atoms. The highest BCUT2D eigenvalue weighted by molar-refractivity contribution is 5.93. The quantitative estimate of drug-likeness (QED) is 0.910. The first-order valence-corrected chi connectivity index (χ1v) is 6.03. The second kappa shape index (κ2) is 6.13. The smallest absolute Gasteiger partial charge is 0.338 e. The maximum atomic E-state index is 13.4. The first-order valence-electron chi connectivity index (χ1n) is 6.03. The number of nitrogens with one attached hydrogen (secondary N) is 1. The first kappa shape index (κ1) is 14.6. The number of amides is 1. The van der Waals surface area contributed by atoms with Crippen LogP contribution in [0.4, 0.5) is 14.5 Å². The molecule has 2 aromatic carbocycles. The van der Waals surface area contributed by atoms with E-state index < -0.39 is 29.1 Å². The SMILES string of the molecule is O=C(Cc1cccc(F)c1)Nc1ccc(C(=O)O)c(F)c1. The molecule has 4 nitrogen and oxygen atoms in total. The third-order valence-corrected chi connectivity index (χ3v) is 2.74. The van der Waals surface area contributed by atoms with E-state index in [1.807, 2.05) is 0 Å². The number of carboxylic acids is 1. The van der Waals surface area contributed by atoms with Gasteiger partial charge in [-0.05, 0) is 35.9 Å². The Labute approximate surface area is 119 Å². The summed E-state index contributed by atoms with van der Waals surface area (Å²) in [5.74, 6) is -3.23. The van der Waals surface area contributed by atoms with Crippen molar-refractivity contribution in [2.24, 2.45) is 0 Å². The van der Waals surface area contributed by atoms with E-state index in [-0.39, 0.29) is 12.1 Å². The molecule has 6 heteroatoms. The molecule has 1 amide bonds. The number of benzene rings is 2. The van der Waals surface area contributed by atoms with Crippen molar-refractivity contribution < 1.29 is 23.5 Å². The van der Waals surface area contributed by atoms with Crippen LogP contribution in [-0.2, 0) is 11.2 Å². The maximum absolute atomic E-state index is 13.4. The Morgan fingerprint density at radius 3 is 2.48 bits per heavy atom. The van der Waals surface area contributed by atoms with E-state index >= 15 is 0 Å². The Hall–Kier alpha value is -2.76. The highest BCUT2D eigenvalue weighted by Gasteiger charge is 2.12. The standard InChI is InChI=1S/C15H11F2NO3/c16-10-3-1-2-9(6-10)7-14(19)18-11-4-5-12(15(20)21)13(17)8-11/h1-6,8H,7H2,(H,18,19)(H,20,21). The van der Waals surface area contributed by atoms with Gasteiger partial charge >= 0.3 is 5.97 Å². The van der Waals surface area contributed by atoms with Gasteiger partial charge in [0, 0.05) is 5.69 Å². The summed E-state index contributed by atoms with van der Waals surface area (Å²) >= 11 is 0. The molecule has 21 heavy (non-hydrogen) atoms. The summed E-state index contributed by atoms with van der Waals surface area (Å²) in [6, 6.07) is 8.85. The molecule has 0 saturated heterocycles. The molecular weight excluding hydrogens is 280 g/mol. The maximum Gasteiger partial charge on any atom is 0.338 e. The lowest BCUT2D eigenvalue weighted by molar-refractivity contribution is -0.115. The van der Waals surface area contributed by atoms with Crippen molar-refractivity contribution in [3.8, 4) is 0 Å². The zero-order chi connectivity index (χ0) is 15.4. The Morgan fingerprint density at radius 1 is 1.10 bits per heavy atom. The molecule has 0 spiro atoms. The van der Waals surface area contributed by atoms with Crippen LogP contribution in [0.15, 0.2) is 42.5 Å². The van der Waals surface area contributed by atoms with E-state index in [1.165, 1.54) is 24.3 Å². The van der Waals surface area contributed by atoms with Crippen molar-refractivity contribution in [2.45, 2.75) is 6.42 Å². The monoisotopic (exact) mass is 291 g/mol. The molecule has 2 aromatic rings.